The van der Waals surface area contributed by atoms with Crippen LogP contribution in [0.15, 0.2) is 28.7 Å². The molecular formula is C12H15BrOS. The lowest BCUT2D eigenvalue weighted by Crippen LogP contribution is -2.33. The number of hydrogen-bond donors (Lipinski definition) is 1. The van der Waals surface area contributed by atoms with Crippen LogP contribution in [0.25, 0.3) is 0 Å². The minimum Gasteiger partial charge on any atom is -0.384 e. The molecule has 1 aliphatic rings. The maximum Gasteiger partial charge on any atom is 0.0987 e. The van der Waals surface area contributed by atoms with E-state index in [1.54, 1.807) is 0 Å². The van der Waals surface area contributed by atoms with Crippen molar-refractivity contribution < 1.29 is 5.11 Å². The minimum absolute atomic E-state index is 0.613. The molecule has 1 aromatic carbocycles. The molecule has 1 N–H and O–H groups in total. The van der Waals surface area contributed by atoms with Gasteiger partial charge < -0.3 is 5.11 Å². The number of thioether (sulfide) groups is 1. The molecule has 2 atom stereocenters. The van der Waals surface area contributed by atoms with Gasteiger partial charge in [0, 0.05) is 15.5 Å². The number of hydrogen-bond acceptors (Lipinski definition) is 2. The zero-order chi connectivity index (χ0) is 10.9. The van der Waals surface area contributed by atoms with Crippen molar-refractivity contribution in [2.24, 2.45) is 0 Å². The molecule has 0 aliphatic carbocycles. The van der Waals surface area contributed by atoms with Crippen LogP contribution in [0, 0.1) is 0 Å². The van der Waals surface area contributed by atoms with Crippen molar-refractivity contribution >= 4 is 27.7 Å². The first-order valence-corrected chi connectivity index (χ1v) is 7.04. The second kappa shape index (κ2) is 4.48. The lowest BCUT2D eigenvalue weighted by molar-refractivity contribution is 0.0471. The van der Waals surface area contributed by atoms with Gasteiger partial charge in [0.15, 0.2) is 0 Å². The van der Waals surface area contributed by atoms with E-state index in [-0.39, 0.29) is 0 Å². The van der Waals surface area contributed by atoms with E-state index in [0.717, 1.165) is 28.6 Å². The summed E-state index contributed by atoms with van der Waals surface area (Å²) in [4.78, 5) is 0. The van der Waals surface area contributed by atoms with Gasteiger partial charge in [-0.15, -0.1) is 0 Å². The highest BCUT2D eigenvalue weighted by Gasteiger charge is 2.33. The third kappa shape index (κ3) is 2.58. The number of aliphatic hydroxyl groups is 1. The summed E-state index contributed by atoms with van der Waals surface area (Å²) in [5, 5.41) is 11.2. The lowest BCUT2D eigenvalue weighted by atomic mass is 9.90. The Hall–Kier alpha value is 0.01000. The van der Waals surface area contributed by atoms with E-state index in [0.29, 0.717) is 5.25 Å². The molecule has 1 nitrogen and oxygen atoms in total. The van der Waals surface area contributed by atoms with Gasteiger partial charge in [-0.1, -0.05) is 35.0 Å². The zero-order valence-corrected chi connectivity index (χ0v) is 11.1. The molecule has 0 unspecified atom stereocenters. The highest BCUT2D eigenvalue weighted by atomic mass is 79.9. The lowest BCUT2D eigenvalue weighted by Gasteiger charge is -2.34. The summed E-state index contributed by atoms with van der Waals surface area (Å²) >= 11 is 5.27. The molecule has 1 aromatic rings. The predicted molar refractivity (Wildman–Crippen MR) is 69.2 cm³/mol. The van der Waals surface area contributed by atoms with Gasteiger partial charge in [-0.05, 0) is 30.5 Å². The second-order valence-corrected chi connectivity index (χ2v) is 6.54. The largest absolute Gasteiger partial charge is 0.384 e. The first kappa shape index (κ1) is 11.5. The summed E-state index contributed by atoms with van der Waals surface area (Å²) < 4.78 is 1.06. The van der Waals surface area contributed by atoms with Crippen LogP contribution in [0.1, 0.15) is 25.3 Å². The first-order valence-electron chi connectivity index (χ1n) is 5.20. The second-order valence-electron chi connectivity index (χ2n) is 4.20. The molecule has 0 amide bonds. The standard InChI is InChI=1S/C12H15BrOS/c1-9-6-7-12(14,8-15-9)10-2-4-11(13)5-3-10/h2-5,9,14H,6-8H2,1H3/t9-,12+/m1/s1. The quantitative estimate of drug-likeness (QED) is 0.852. The maximum atomic E-state index is 10.5. The summed E-state index contributed by atoms with van der Waals surface area (Å²) in [7, 11) is 0. The van der Waals surface area contributed by atoms with Crippen LogP contribution in [0.5, 0.6) is 0 Å². The Morgan fingerprint density at radius 2 is 2.07 bits per heavy atom. The molecule has 0 spiro atoms. The van der Waals surface area contributed by atoms with E-state index < -0.39 is 5.60 Å². The summed E-state index contributed by atoms with van der Waals surface area (Å²) in [6, 6.07) is 8.02. The molecular weight excluding hydrogens is 272 g/mol. The Morgan fingerprint density at radius 3 is 2.60 bits per heavy atom. The summed E-state index contributed by atoms with van der Waals surface area (Å²) in [5.41, 5.74) is 0.433. The van der Waals surface area contributed by atoms with E-state index in [9.17, 15) is 5.11 Å². The van der Waals surface area contributed by atoms with Crippen molar-refractivity contribution in [3.63, 3.8) is 0 Å². The van der Waals surface area contributed by atoms with Gasteiger partial charge in [-0.25, -0.2) is 0 Å². The minimum atomic E-state index is -0.613. The fraction of sp³-hybridized carbons (Fsp3) is 0.500. The Labute approximate surface area is 103 Å². The van der Waals surface area contributed by atoms with Crippen molar-refractivity contribution in [2.45, 2.75) is 30.6 Å². The van der Waals surface area contributed by atoms with Crippen molar-refractivity contribution in [3.05, 3.63) is 34.3 Å². The molecule has 82 valence electrons. The highest BCUT2D eigenvalue weighted by Crippen LogP contribution is 2.38. The van der Waals surface area contributed by atoms with E-state index in [4.69, 9.17) is 0 Å². The molecule has 0 radical (unpaired) electrons. The molecule has 1 aliphatic heterocycles. The van der Waals surface area contributed by atoms with Gasteiger partial charge in [0.2, 0.25) is 0 Å². The van der Waals surface area contributed by atoms with Gasteiger partial charge >= 0.3 is 0 Å². The third-order valence-corrected chi connectivity index (χ3v) is 4.93. The predicted octanol–water partition coefficient (Wildman–Crippen LogP) is 3.55. The molecule has 0 bridgehead atoms. The average molecular weight is 287 g/mol. The van der Waals surface area contributed by atoms with Gasteiger partial charge in [0.25, 0.3) is 0 Å². The van der Waals surface area contributed by atoms with Crippen LogP contribution in [0.4, 0.5) is 0 Å². The normalized spacial score (nSPS) is 31.5. The monoisotopic (exact) mass is 286 g/mol. The molecule has 0 saturated carbocycles. The molecule has 3 heteroatoms. The third-order valence-electron chi connectivity index (χ3n) is 2.95. The van der Waals surface area contributed by atoms with Crippen molar-refractivity contribution in [3.8, 4) is 0 Å². The smallest absolute Gasteiger partial charge is 0.0987 e. The molecule has 1 saturated heterocycles. The fourth-order valence-electron chi connectivity index (χ4n) is 1.87. The summed E-state index contributed by atoms with van der Waals surface area (Å²) in [6.45, 7) is 2.23. The number of benzene rings is 1. The molecule has 0 aromatic heterocycles. The van der Waals surface area contributed by atoms with Crippen LogP contribution >= 0.6 is 27.7 Å². The number of halogens is 1. The zero-order valence-electron chi connectivity index (χ0n) is 8.74. The molecule has 1 heterocycles. The Morgan fingerprint density at radius 1 is 1.40 bits per heavy atom. The Bertz CT molecular complexity index is 328. The molecule has 2 rings (SSSR count). The SMILES string of the molecule is C[C@@H]1CC[C@@](O)(c2ccc(Br)cc2)CS1. The highest BCUT2D eigenvalue weighted by molar-refractivity contribution is 9.10. The van der Waals surface area contributed by atoms with Crippen LogP contribution < -0.4 is 0 Å². The molecule has 1 fully saturated rings. The van der Waals surface area contributed by atoms with Crippen molar-refractivity contribution in [1.82, 2.24) is 0 Å². The van der Waals surface area contributed by atoms with Gasteiger partial charge in [0.1, 0.15) is 0 Å². The first-order chi connectivity index (χ1) is 7.10. The topological polar surface area (TPSA) is 20.2 Å². The maximum absolute atomic E-state index is 10.5. The summed E-state index contributed by atoms with van der Waals surface area (Å²) in [6.07, 6.45) is 1.97. The van der Waals surface area contributed by atoms with Crippen LogP contribution in [0.3, 0.4) is 0 Å². The molecule has 15 heavy (non-hydrogen) atoms. The fourth-order valence-corrected chi connectivity index (χ4v) is 3.29. The van der Waals surface area contributed by atoms with Crippen LogP contribution in [0.2, 0.25) is 0 Å². The van der Waals surface area contributed by atoms with Gasteiger partial charge in [0.05, 0.1) is 5.60 Å². The van der Waals surface area contributed by atoms with E-state index in [1.807, 2.05) is 36.0 Å². The Kier molecular flexibility index (Phi) is 3.43. The van der Waals surface area contributed by atoms with Gasteiger partial charge in [-0.2, -0.15) is 11.8 Å². The van der Waals surface area contributed by atoms with Crippen molar-refractivity contribution in [1.29, 1.82) is 0 Å². The van der Waals surface area contributed by atoms with Crippen molar-refractivity contribution in [2.75, 3.05) is 5.75 Å². The van der Waals surface area contributed by atoms with E-state index in [1.165, 1.54) is 0 Å². The number of rotatable bonds is 1. The van der Waals surface area contributed by atoms with Crippen LogP contribution in [-0.2, 0) is 5.60 Å². The van der Waals surface area contributed by atoms with Crippen LogP contribution in [-0.4, -0.2) is 16.1 Å². The van der Waals surface area contributed by atoms with E-state index >= 15 is 0 Å². The van der Waals surface area contributed by atoms with Gasteiger partial charge in [-0.3, -0.25) is 0 Å². The summed E-state index contributed by atoms with van der Waals surface area (Å²) in [5.74, 6) is 0.815. The average Bonchev–Trinajstić information content (AvgIpc) is 2.24. The van der Waals surface area contributed by atoms with E-state index in [2.05, 4.69) is 22.9 Å². The Balaban J connectivity index is 2.18.